The maximum atomic E-state index is 12.0. The summed E-state index contributed by atoms with van der Waals surface area (Å²) in [6, 6.07) is 22.7. The molecule has 5 rings (SSSR count). The monoisotopic (exact) mass is 454 g/mol. The second-order valence-electron chi connectivity index (χ2n) is 7.24. The smallest absolute Gasteiger partial charge is 0.336 e. The predicted molar refractivity (Wildman–Crippen MR) is 131 cm³/mol. The molecular formula is C28H22O6. The molecule has 0 spiro atoms. The van der Waals surface area contributed by atoms with Crippen LogP contribution in [-0.4, -0.2) is 16.2 Å². The fourth-order valence-corrected chi connectivity index (χ4v) is 3.74. The molecule has 0 amide bonds. The van der Waals surface area contributed by atoms with Gasteiger partial charge in [-0.1, -0.05) is 32.0 Å². The molecule has 6 nitrogen and oxygen atoms in total. The van der Waals surface area contributed by atoms with Gasteiger partial charge in [-0.05, 0) is 60.2 Å². The lowest BCUT2D eigenvalue weighted by molar-refractivity contribution is 0.0697. The molecule has 3 aromatic carbocycles. The molecule has 0 bridgehead atoms. The number of carboxylic acid groups (broad SMARTS) is 1. The van der Waals surface area contributed by atoms with Crippen molar-refractivity contribution in [1.82, 2.24) is 0 Å². The van der Waals surface area contributed by atoms with Crippen molar-refractivity contribution in [3.8, 4) is 39.7 Å². The number of carboxylic acids is 1. The van der Waals surface area contributed by atoms with Crippen LogP contribution < -0.4 is 10.2 Å². The first-order valence-electron chi connectivity index (χ1n) is 10.8. The topological polar surface area (TPSA) is 97.0 Å². The molecule has 2 aliphatic rings. The van der Waals surface area contributed by atoms with E-state index in [4.69, 9.17) is 9.15 Å². The summed E-state index contributed by atoms with van der Waals surface area (Å²) in [7, 11) is 0. The zero-order chi connectivity index (χ0) is 24.2. The van der Waals surface area contributed by atoms with Crippen LogP contribution in [0.25, 0.3) is 33.4 Å². The van der Waals surface area contributed by atoms with Crippen LogP contribution in [0.4, 0.5) is 0 Å². The van der Waals surface area contributed by atoms with Gasteiger partial charge in [0.1, 0.15) is 28.6 Å². The number of hydrogen-bond acceptors (Lipinski definition) is 5. The lowest BCUT2D eigenvalue weighted by Crippen LogP contribution is -2.03. The lowest BCUT2D eigenvalue weighted by atomic mass is 9.91. The van der Waals surface area contributed by atoms with Crippen molar-refractivity contribution in [2.75, 3.05) is 0 Å². The van der Waals surface area contributed by atoms with E-state index in [9.17, 15) is 19.8 Å². The maximum Gasteiger partial charge on any atom is 0.336 e. The standard InChI is InChI=1S/C26H16O6.C2H6/c27-15-5-8-17(9-6-15)31-18-10-12-22-24(14-18)32-23-13-16(28)7-11-21(23)25(22)19-3-1-2-4-20(19)26(29)30;1-2/h1-14,27H,(H,29,30);1-2H3. The van der Waals surface area contributed by atoms with Crippen molar-refractivity contribution in [1.29, 1.82) is 0 Å². The van der Waals surface area contributed by atoms with Gasteiger partial charge in [0.2, 0.25) is 0 Å². The average molecular weight is 454 g/mol. The quantitative estimate of drug-likeness (QED) is 0.290. The highest BCUT2D eigenvalue weighted by atomic mass is 16.5. The molecule has 0 saturated heterocycles. The number of benzene rings is 4. The Bertz CT molecular complexity index is 1500. The Morgan fingerprint density at radius 3 is 2.26 bits per heavy atom. The number of aromatic hydroxyl groups is 1. The average Bonchev–Trinajstić information content (AvgIpc) is 2.85. The third kappa shape index (κ3) is 4.34. The van der Waals surface area contributed by atoms with Crippen LogP contribution in [0.5, 0.6) is 17.2 Å². The zero-order valence-electron chi connectivity index (χ0n) is 18.6. The second-order valence-corrected chi connectivity index (χ2v) is 7.24. The van der Waals surface area contributed by atoms with Crippen LogP contribution in [0.15, 0.2) is 94.1 Å². The van der Waals surface area contributed by atoms with Gasteiger partial charge in [-0.3, -0.25) is 4.79 Å². The molecule has 2 N–H and O–H groups in total. The molecule has 34 heavy (non-hydrogen) atoms. The first-order valence-corrected chi connectivity index (χ1v) is 10.8. The van der Waals surface area contributed by atoms with E-state index in [0.717, 1.165) is 0 Å². The van der Waals surface area contributed by atoms with Gasteiger partial charge in [-0.25, -0.2) is 4.79 Å². The maximum absolute atomic E-state index is 12.0. The first-order chi connectivity index (χ1) is 16.5. The molecule has 0 unspecified atom stereocenters. The summed E-state index contributed by atoms with van der Waals surface area (Å²) >= 11 is 0. The van der Waals surface area contributed by atoms with Crippen LogP contribution in [0.2, 0.25) is 0 Å². The molecule has 170 valence electrons. The van der Waals surface area contributed by atoms with Crippen LogP contribution in [0.1, 0.15) is 24.2 Å². The molecule has 0 fully saturated rings. The Balaban J connectivity index is 0.00000133. The van der Waals surface area contributed by atoms with Crippen LogP contribution in [0.3, 0.4) is 0 Å². The van der Waals surface area contributed by atoms with Crippen molar-refractivity contribution in [2.24, 2.45) is 0 Å². The minimum atomic E-state index is -1.05. The first kappa shape index (κ1) is 22.6. The Labute approximate surface area is 195 Å². The minimum absolute atomic E-state index is 0.132. The van der Waals surface area contributed by atoms with E-state index in [0.29, 0.717) is 44.9 Å². The molecule has 6 heteroatoms. The number of rotatable bonds is 4. The normalized spacial score (nSPS) is 10.5. The fourth-order valence-electron chi connectivity index (χ4n) is 3.74. The summed E-state index contributed by atoms with van der Waals surface area (Å²) in [5, 5.41) is 19.9. The summed E-state index contributed by atoms with van der Waals surface area (Å²) in [5.41, 5.74) is 2.20. The molecule has 1 heterocycles. The molecule has 3 aromatic rings. The summed E-state index contributed by atoms with van der Waals surface area (Å²) < 4.78 is 11.9. The van der Waals surface area contributed by atoms with Gasteiger partial charge >= 0.3 is 5.97 Å². The number of carbonyl (C=O) groups is 1. The molecule has 1 aliphatic carbocycles. The van der Waals surface area contributed by atoms with Crippen LogP contribution in [0, 0.1) is 0 Å². The molecule has 1 aliphatic heterocycles. The second kappa shape index (κ2) is 9.50. The SMILES string of the molecule is CC.O=C(O)c1ccccc1-c1c2ccc(=O)cc-2oc2cc(Oc3ccc(O)cc3)ccc12. The number of phenolic OH excluding ortho intramolecular Hbond substituents is 1. The summed E-state index contributed by atoms with van der Waals surface area (Å²) in [6.45, 7) is 4.00. The van der Waals surface area contributed by atoms with E-state index in [2.05, 4.69) is 0 Å². The van der Waals surface area contributed by atoms with E-state index in [1.165, 1.54) is 24.3 Å². The summed E-state index contributed by atoms with van der Waals surface area (Å²) in [4.78, 5) is 23.9. The number of phenols is 1. The molecule has 0 saturated carbocycles. The number of hydrogen-bond donors (Lipinski definition) is 2. The van der Waals surface area contributed by atoms with E-state index < -0.39 is 5.97 Å². The van der Waals surface area contributed by atoms with Gasteiger partial charge in [0.05, 0.1) is 5.56 Å². The highest BCUT2D eigenvalue weighted by molar-refractivity contribution is 6.07. The van der Waals surface area contributed by atoms with E-state index in [-0.39, 0.29) is 16.7 Å². The largest absolute Gasteiger partial charge is 0.508 e. The molecular weight excluding hydrogens is 432 g/mol. The van der Waals surface area contributed by atoms with E-state index in [1.807, 2.05) is 13.8 Å². The van der Waals surface area contributed by atoms with Gasteiger partial charge < -0.3 is 19.4 Å². The van der Waals surface area contributed by atoms with Crippen molar-refractivity contribution >= 4 is 16.9 Å². The van der Waals surface area contributed by atoms with Crippen LogP contribution in [-0.2, 0) is 0 Å². The number of fused-ring (bicyclic) bond motifs is 2. The molecule has 0 atom stereocenters. The minimum Gasteiger partial charge on any atom is -0.508 e. The Hall–Kier alpha value is -4.58. The third-order valence-electron chi connectivity index (χ3n) is 5.16. The van der Waals surface area contributed by atoms with E-state index in [1.54, 1.807) is 60.7 Å². The third-order valence-corrected chi connectivity index (χ3v) is 5.16. The Morgan fingerprint density at radius 1 is 0.824 bits per heavy atom. The predicted octanol–water partition coefficient (Wildman–Crippen LogP) is 6.79. The van der Waals surface area contributed by atoms with Gasteiger partial charge in [0.25, 0.3) is 0 Å². The lowest BCUT2D eigenvalue weighted by Gasteiger charge is -2.17. The van der Waals surface area contributed by atoms with Crippen molar-refractivity contribution in [3.05, 3.63) is 101 Å². The Kier molecular flexibility index (Phi) is 6.32. The van der Waals surface area contributed by atoms with Crippen molar-refractivity contribution < 1.29 is 24.2 Å². The summed E-state index contributed by atoms with van der Waals surface area (Å²) in [6.07, 6.45) is 0. The fraction of sp³-hybridized carbons (Fsp3) is 0.0714. The van der Waals surface area contributed by atoms with E-state index >= 15 is 0 Å². The van der Waals surface area contributed by atoms with Gasteiger partial charge in [-0.2, -0.15) is 0 Å². The highest BCUT2D eigenvalue weighted by Gasteiger charge is 2.21. The number of aromatic carboxylic acids is 1. The van der Waals surface area contributed by atoms with Crippen LogP contribution >= 0.6 is 0 Å². The Morgan fingerprint density at radius 2 is 1.53 bits per heavy atom. The van der Waals surface area contributed by atoms with Gasteiger partial charge in [0, 0.05) is 28.6 Å². The van der Waals surface area contributed by atoms with Crippen molar-refractivity contribution in [2.45, 2.75) is 13.8 Å². The summed E-state index contributed by atoms with van der Waals surface area (Å²) in [5.74, 6) is 0.452. The van der Waals surface area contributed by atoms with Crippen molar-refractivity contribution in [3.63, 3.8) is 0 Å². The van der Waals surface area contributed by atoms with Gasteiger partial charge in [-0.15, -0.1) is 0 Å². The zero-order valence-corrected chi connectivity index (χ0v) is 18.6. The highest BCUT2D eigenvalue weighted by Crippen LogP contribution is 2.42. The molecule has 0 radical (unpaired) electrons. The molecule has 0 aromatic heterocycles. The van der Waals surface area contributed by atoms with Gasteiger partial charge in [0.15, 0.2) is 5.43 Å². The number of ether oxygens (including phenoxy) is 1.